The first kappa shape index (κ1) is 19.9. The van der Waals surface area contributed by atoms with Crippen LogP contribution in [0.1, 0.15) is 12.8 Å². The zero-order valence-electron chi connectivity index (χ0n) is 10.2. The Morgan fingerprint density at radius 2 is 1.94 bits per heavy atom. The Hall–Kier alpha value is -0.420. The van der Waals surface area contributed by atoms with E-state index in [9.17, 15) is 0 Å². The Balaban J connectivity index is 0. The number of anilines is 1. The van der Waals surface area contributed by atoms with E-state index in [1.165, 1.54) is 0 Å². The van der Waals surface area contributed by atoms with Crippen LogP contribution in [0.5, 0.6) is 5.75 Å². The van der Waals surface area contributed by atoms with E-state index in [0.29, 0.717) is 6.04 Å². The monoisotopic (exact) mass is 315 g/mol. The third kappa shape index (κ3) is 5.96. The molecule has 1 aliphatic rings. The van der Waals surface area contributed by atoms with Crippen LogP contribution in [0.4, 0.5) is 5.82 Å². The van der Waals surface area contributed by atoms with E-state index >= 15 is 0 Å². The molecule has 1 aliphatic heterocycles. The number of nitrogens with zero attached hydrogens (tertiary/aromatic N) is 1. The Kier molecular flexibility index (Phi) is 11.6. The fourth-order valence-corrected chi connectivity index (χ4v) is 1.79. The number of methoxy groups -OCH3 is 1. The van der Waals surface area contributed by atoms with Gasteiger partial charge in [-0.05, 0) is 32.0 Å². The molecular formula is C11H20Cl3N3O. The molecule has 106 valence electrons. The zero-order chi connectivity index (χ0) is 10.5. The van der Waals surface area contributed by atoms with Crippen molar-refractivity contribution in [1.29, 1.82) is 0 Å². The molecule has 0 aliphatic carbocycles. The molecule has 4 nitrogen and oxygen atoms in total. The fourth-order valence-electron chi connectivity index (χ4n) is 1.79. The number of piperidine rings is 1. The van der Waals surface area contributed by atoms with Gasteiger partial charge in [-0.15, -0.1) is 37.2 Å². The van der Waals surface area contributed by atoms with Gasteiger partial charge in [0, 0.05) is 18.3 Å². The number of nitrogens with one attached hydrogen (secondary N) is 2. The molecule has 18 heavy (non-hydrogen) atoms. The molecule has 7 heteroatoms. The van der Waals surface area contributed by atoms with Crippen molar-refractivity contribution in [3.63, 3.8) is 0 Å². The van der Waals surface area contributed by atoms with Crippen molar-refractivity contribution in [2.24, 2.45) is 0 Å². The summed E-state index contributed by atoms with van der Waals surface area (Å²) in [5.74, 6) is 1.75. The van der Waals surface area contributed by atoms with E-state index in [1.807, 2.05) is 12.1 Å². The third-order valence-electron chi connectivity index (χ3n) is 2.66. The predicted molar refractivity (Wildman–Crippen MR) is 82.0 cm³/mol. The first-order chi connectivity index (χ1) is 7.38. The van der Waals surface area contributed by atoms with Gasteiger partial charge in [0.25, 0.3) is 0 Å². The van der Waals surface area contributed by atoms with Crippen LogP contribution in [0.3, 0.4) is 0 Å². The Labute approximate surface area is 127 Å². The molecular weight excluding hydrogens is 296 g/mol. The summed E-state index contributed by atoms with van der Waals surface area (Å²) < 4.78 is 5.15. The molecule has 2 rings (SSSR count). The normalized spacial score (nSPS) is 14.5. The fraction of sp³-hybridized carbons (Fsp3) is 0.545. The average molecular weight is 317 g/mol. The maximum atomic E-state index is 5.15. The van der Waals surface area contributed by atoms with Crippen molar-refractivity contribution in [1.82, 2.24) is 10.3 Å². The average Bonchev–Trinajstić information content (AvgIpc) is 2.31. The summed E-state index contributed by atoms with van der Waals surface area (Å²) in [4.78, 5) is 4.27. The van der Waals surface area contributed by atoms with Gasteiger partial charge >= 0.3 is 0 Å². The van der Waals surface area contributed by atoms with Gasteiger partial charge in [-0.25, -0.2) is 4.98 Å². The van der Waals surface area contributed by atoms with Crippen molar-refractivity contribution >= 4 is 43.0 Å². The summed E-state index contributed by atoms with van der Waals surface area (Å²) in [7, 11) is 1.67. The van der Waals surface area contributed by atoms with Crippen molar-refractivity contribution in [2.75, 3.05) is 25.5 Å². The van der Waals surface area contributed by atoms with Gasteiger partial charge in [0.05, 0.1) is 7.11 Å². The van der Waals surface area contributed by atoms with Crippen molar-refractivity contribution in [3.05, 3.63) is 18.3 Å². The number of halogens is 3. The highest BCUT2D eigenvalue weighted by molar-refractivity contribution is 5.86. The first-order valence-electron chi connectivity index (χ1n) is 5.36. The molecule has 0 radical (unpaired) electrons. The zero-order valence-corrected chi connectivity index (χ0v) is 12.7. The van der Waals surface area contributed by atoms with E-state index in [-0.39, 0.29) is 37.2 Å². The Morgan fingerprint density at radius 1 is 1.28 bits per heavy atom. The number of aromatic nitrogens is 1. The maximum absolute atomic E-state index is 5.15. The van der Waals surface area contributed by atoms with Crippen LogP contribution >= 0.6 is 37.2 Å². The smallest absolute Gasteiger partial charge is 0.129 e. The lowest BCUT2D eigenvalue weighted by Crippen LogP contribution is -2.35. The minimum absolute atomic E-state index is 0. The lowest BCUT2D eigenvalue weighted by molar-refractivity contribution is 0.414. The van der Waals surface area contributed by atoms with Crippen molar-refractivity contribution in [2.45, 2.75) is 18.9 Å². The molecule has 0 aromatic carbocycles. The minimum atomic E-state index is 0. The summed E-state index contributed by atoms with van der Waals surface area (Å²) in [5, 5.41) is 6.76. The highest BCUT2D eigenvalue weighted by atomic mass is 35.5. The van der Waals surface area contributed by atoms with E-state index in [1.54, 1.807) is 13.3 Å². The maximum Gasteiger partial charge on any atom is 0.129 e. The van der Waals surface area contributed by atoms with Gasteiger partial charge in [0.15, 0.2) is 0 Å². The largest absolute Gasteiger partial charge is 0.497 e. The van der Waals surface area contributed by atoms with Gasteiger partial charge in [0.1, 0.15) is 11.6 Å². The topological polar surface area (TPSA) is 46.2 Å². The molecule has 2 N–H and O–H groups in total. The molecule has 0 saturated carbocycles. The summed E-state index contributed by atoms with van der Waals surface area (Å²) in [6.07, 6.45) is 4.07. The van der Waals surface area contributed by atoms with Crippen LogP contribution in [0.15, 0.2) is 18.3 Å². The number of ether oxygens (including phenoxy) is 1. The minimum Gasteiger partial charge on any atom is -0.497 e. The van der Waals surface area contributed by atoms with Crippen molar-refractivity contribution in [3.8, 4) is 5.75 Å². The van der Waals surface area contributed by atoms with Crippen LogP contribution in [0, 0.1) is 0 Å². The van der Waals surface area contributed by atoms with Gasteiger partial charge in [-0.2, -0.15) is 0 Å². The van der Waals surface area contributed by atoms with Crippen LogP contribution < -0.4 is 15.4 Å². The van der Waals surface area contributed by atoms with E-state index in [2.05, 4.69) is 15.6 Å². The van der Waals surface area contributed by atoms with Gasteiger partial charge in [-0.1, -0.05) is 0 Å². The molecule has 1 saturated heterocycles. The SMILES string of the molecule is COc1ccnc(NC2CCNCC2)c1.Cl.Cl.Cl. The molecule has 1 aromatic rings. The second-order valence-electron chi connectivity index (χ2n) is 3.75. The second-order valence-corrected chi connectivity index (χ2v) is 3.75. The lowest BCUT2D eigenvalue weighted by Gasteiger charge is -2.24. The van der Waals surface area contributed by atoms with E-state index in [4.69, 9.17) is 4.74 Å². The highest BCUT2D eigenvalue weighted by Gasteiger charge is 2.12. The summed E-state index contributed by atoms with van der Waals surface area (Å²) in [5.41, 5.74) is 0. The molecule has 0 spiro atoms. The number of pyridine rings is 1. The number of hydrogen-bond donors (Lipinski definition) is 2. The van der Waals surface area contributed by atoms with Gasteiger partial charge < -0.3 is 15.4 Å². The van der Waals surface area contributed by atoms with E-state index < -0.39 is 0 Å². The third-order valence-corrected chi connectivity index (χ3v) is 2.66. The van der Waals surface area contributed by atoms with Crippen LogP contribution in [-0.4, -0.2) is 31.2 Å². The molecule has 1 aromatic heterocycles. The van der Waals surface area contributed by atoms with Gasteiger partial charge in [-0.3, -0.25) is 0 Å². The summed E-state index contributed by atoms with van der Waals surface area (Å²) >= 11 is 0. The number of hydrogen-bond acceptors (Lipinski definition) is 4. The second kappa shape index (κ2) is 10.5. The summed E-state index contributed by atoms with van der Waals surface area (Å²) in [6.45, 7) is 2.17. The van der Waals surface area contributed by atoms with Crippen molar-refractivity contribution < 1.29 is 4.74 Å². The summed E-state index contributed by atoms with van der Waals surface area (Å²) in [6, 6.07) is 4.32. The van der Waals surface area contributed by atoms with Crippen LogP contribution in [0.2, 0.25) is 0 Å². The van der Waals surface area contributed by atoms with Gasteiger partial charge in [0.2, 0.25) is 0 Å². The Bertz CT molecular complexity index is 322. The van der Waals surface area contributed by atoms with Crippen LogP contribution in [-0.2, 0) is 0 Å². The quantitative estimate of drug-likeness (QED) is 0.899. The molecule has 0 unspecified atom stereocenters. The van der Waals surface area contributed by atoms with Crippen LogP contribution in [0.25, 0.3) is 0 Å². The first-order valence-corrected chi connectivity index (χ1v) is 5.36. The number of rotatable bonds is 3. The molecule has 0 amide bonds. The highest BCUT2D eigenvalue weighted by Crippen LogP contribution is 2.16. The molecule has 0 atom stereocenters. The molecule has 1 fully saturated rings. The standard InChI is InChI=1S/C11H17N3O.3ClH/c1-15-10-4-7-13-11(8-10)14-9-2-5-12-6-3-9;;;/h4,7-9,12H,2-3,5-6H2,1H3,(H,13,14);3*1H. The van der Waals surface area contributed by atoms with E-state index in [0.717, 1.165) is 37.5 Å². The molecule has 2 heterocycles. The molecule has 0 bridgehead atoms. The lowest BCUT2D eigenvalue weighted by atomic mass is 10.1. The predicted octanol–water partition coefficient (Wildman–Crippen LogP) is 2.52. The Morgan fingerprint density at radius 3 is 2.56 bits per heavy atom.